The van der Waals surface area contributed by atoms with Gasteiger partial charge in [-0.1, -0.05) is 31.2 Å². The van der Waals surface area contributed by atoms with Crippen LogP contribution >= 0.6 is 0 Å². The molecule has 0 fully saturated rings. The number of carbonyl (C=O) groups excluding carboxylic acids is 1. The number of nitrogens with zero attached hydrogens (tertiary/aromatic N) is 1. The number of anilines is 1. The number of nitrogens with one attached hydrogen (secondary N) is 1. The third kappa shape index (κ3) is 6.14. The summed E-state index contributed by atoms with van der Waals surface area (Å²) in [5, 5.41) is 3.04. The van der Waals surface area contributed by atoms with Gasteiger partial charge in [0.1, 0.15) is 11.6 Å². The van der Waals surface area contributed by atoms with Crippen molar-refractivity contribution in [2.45, 2.75) is 32.9 Å². The number of rotatable bonds is 9. The van der Waals surface area contributed by atoms with E-state index in [1.807, 2.05) is 32.0 Å². The number of amides is 1. The first-order valence-electron chi connectivity index (χ1n) is 10.9. The number of ether oxygens (including phenoxy) is 1. The van der Waals surface area contributed by atoms with E-state index in [1.54, 1.807) is 43.5 Å². The van der Waals surface area contributed by atoms with Crippen molar-refractivity contribution in [3.8, 4) is 5.75 Å². The van der Waals surface area contributed by atoms with Crippen molar-refractivity contribution in [2.75, 3.05) is 17.7 Å². The molecular weight excluding hydrogens is 455 g/mol. The molecule has 0 bridgehead atoms. The highest BCUT2D eigenvalue weighted by Gasteiger charge is 2.20. The summed E-state index contributed by atoms with van der Waals surface area (Å²) in [5.41, 5.74) is 3.45. The zero-order chi connectivity index (χ0) is 24.9. The highest BCUT2D eigenvalue weighted by Crippen LogP contribution is 2.25. The highest BCUT2D eigenvalue weighted by atomic mass is 32.2. The summed E-state index contributed by atoms with van der Waals surface area (Å²) in [6.07, 6.45) is 1.81. The van der Waals surface area contributed by atoms with Crippen LogP contribution in [0.25, 0.3) is 0 Å². The average Bonchev–Trinajstić information content (AvgIpc) is 2.81. The topological polar surface area (TPSA) is 75.7 Å². The van der Waals surface area contributed by atoms with Gasteiger partial charge in [-0.15, -0.1) is 0 Å². The Hall–Kier alpha value is -3.39. The molecule has 0 saturated heterocycles. The third-order valence-corrected chi connectivity index (χ3v) is 6.73. The number of sulfonamides is 1. The van der Waals surface area contributed by atoms with Gasteiger partial charge in [0.05, 0.1) is 31.6 Å². The molecule has 0 aliphatic heterocycles. The van der Waals surface area contributed by atoms with Crippen LogP contribution in [0.3, 0.4) is 0 Å². The van der Waals surface area contributed by atoms with Gasteiger partial charge < -0.3 is 10.1 Å². The van der Waals surface area contributed by atoms with E-state index in [-0.39, 0.29) is 24.3 Å². The Kier molecular flexibility index (Phi) is 7.94. The van der Waals surface area contributed by atoms with Crippen molar-refractivity contribution in [3.63, 3.8) is 0 Å². The second kappa shape index (κ2) is 10.7. The molecule has 0 spiro atoms. The standard InChI is InChI=1S/C26H29FN2O4S/c1-5-24(21-10-15-25(33-3)18(2)16-21)28-26(30)20-8-13-23(14-9-20)29(34(4,31)32)17-19-6-11-22(27)12-7-19/h6-16,24H,5,17H2,1-4H3,(H,28,30)/t24-/m1/s1. The summed E-state index contributed by atoms with van der Waals surface area (Å²) in [7, 11) is -1.98. The van der Waals surface area contributed by atoms with Crippen LogP contribution in [-0.4, -0.2) is 27.7 Å². The van der Waals surface area contributed by atoms with Gasteiger partial charge >= 0.3 is 0 Å². The number of halogens is 1. The van der Waals surface area contributed by atoms with Gasteiger partial charge in [-0.25, -0.2) is 12.8 Å². The van der Waals surface area contributed by atoms with E-state index in [0.29, 0.717) is 23.2 Å². The van der Waals surface area contributed by atoms with Gasteiger partial charge in [-0.05, 0) is 72.5 Å². The van der Waals surface area contributed by atoms with Crippen LogP contribution in [0.4, 0.5) is 10.1 Å². The van der Waals surface area contributed by atoms with Crippen molar-refractivity contribution >= 4 is 21.6 Å². The predicted molar refractivity (Wildman–Crippen MR) is 132 cm³/mol. The van der Waals surface area contributed by atoms with Crippen molar-refractivity contribution in [3.05, 3.63) is 94.8 Å². The minimum absolute atomic E-state index is 0.0549. The van der Waals surface area contributed by atoms with E-state index in [1.165, 1.54) is 16.4 Å². The van der Waals surface area contributed by atoms with E-state index >= 15 is 0 Å². The summed E-state index contributed by atoms with van der Waals surface area (Å²) < 4.78 is 44.5. The first-order chi connectivity index (χ1) is 16.1. The molecule has 1 N–H and O–H groups in total. The first-order valence-corrected chi connectivity index (χ1v) is 12.7. The minimum atomic E-state index is -3.60. The zero-order valence-corrected chi connectivity index (χ0v) is 20.5. The maximum atomic E-state index is 13.2. The number of aryl methyl sites for hydroxylation is 1. The number of hydrogen-bond acceptors (Lipinski definition) is 4. The van der Waals surface area contributed by atoms with Gasteiger partial charge in [-0.3, -0.25) is 9.10 Å². The molecule has 3 rings (SSSR count). The first kappa shape index (κ1) is 25.2. The summed E-state index contributed by atoms with van der Waals surface area (Å²) >= 11 is 0. The molecule has 0 heterocycles. The maximum absolute atomic E-state index is 13.2. The summed E-state index contributed by atoms with van der Waals surface area (Å²) in [6, 6.07) is 17.7. The smallest absolute Gasteiger partial charge is 0.251 e. The fraction of sp³-hybridized carbons (Fsp3) is 0.269. The van der Waals surface area contributed by atoms with Gasteiger partial charge in [0.15, 0.2) is 0 Å². The lowest BCUT2D eigenvalue weighted by Gasteiger charge is -2.23. The normalized spacial score (nSPS) is 12.1. The van der Waals surface area contributed by atoms with Crippen LogP contribution in [0, 0.1) is 12.7 Å². The molecule has 0 saturated carbocycles. The number of hydrogen-bond donors (Lipinski definition) is 1. The molecule has 6 nitrogen and oxygen atoms in total. The molecule has 180 valence electrons. The molecule has 1 amide bonds. The van der Waals surface area contributed by atoms with Crippen LogP contribution in [0.2, 0.25) is 0 Å². The van der Waals surface area contributed by atoms with Gasteiger partial charge in [-0.2, -0.15) is 0 Å². The number of carbonyl (C=O) groups is 1. The van der Waals surface area contributed by atoms with Gasteiger partial charge in [0.2, 0.25) is 10.0 Å². The third-order valence-electron chi connectivity index (χ3n) is 5.59. The Morgan fingerprint density at radius 3 is 2.24 bits per heavy atom. The lowest BCUT2D eigenvalue weighted by atomic mass is 10.0. The average molecular weight is 485 g/mol. The lowest BCUT2D eigenvalue weighted by Crippen LogP contribution is -2.30. The summed E-state index contributed by atoms with van der Waals surface area (Å²) in [5.74, 6) is 0.146. The highest BCUT2D eigenvalue weighted by molar-refractivity contribution is 7.92. The van der Waals surface area contributed by atoms with E-state index < -0.39 is 10.0 Å². The van der Waals surface area contributed by atoms with Crippen LogP contribution < -0.4 is 14.4 Å². The summed E-state index contributed by atoms with van der Waals surface area (Å²) in [6.45, 7) is 4.00. The second-order valence-corrected chi connectivity index (χ2v) is 10.0. The van der Waals surface area contributed by atoms with Crippen LogP contribution in [0.15, 0.2) is 66.7 Å². The number of methoxy groups -OCH3 is 1. The Morgan fingerprint density at radius 2 is 1.71 bits per heavy atom. The molecule has 8 heteroatoms. The fourth-order valence-corrected chi connectivity index (χ4v) is 4.60. The van der Waals surface area contributed by atoms with E-state index in [0.717, 1.165) is 23.1 Å². The Labute approximate surface area is 200 Å². The maximum Gasteiger partial charge on any atom is 0.251 e. The quantitative estimate of drug-likeness (QED) is 0.464. The SMILES string of the molecule is CC[C@@H](NC(=O)c1ccc(N(Cc2ccc(F)cc2)S(C)(=O)=O)cc1)c1ccc(OC)c(C)c1. The van der Waals surface area contributed by atoms with E-state index in [4.69, 9.17) is 4.74 Å². The van der Waals surface area contributed by atoms with E-state index in [2.05, 4.69) is 5.32 Å². The van der Waals surface area contributed by atoms with E-state index in [9.17, 15) is 17.6 Å². The fourth-order valence-electron chi connectivity index (χ4n) is 3.72. The van der Waals surface area contributed by atoms with Crippen molar-refractivity contribution < 1.29 is 22.3 Å². The Bertz CT molecular complexity index is 1240. The van der Waals surface area contributed by atoms with Gasteiger partial charge in [0, 0.05) is 5.56 Å². The van der Waals surface area contributed by atoms with Crippen LogP contribution in [0.1, 0.15) is 46.4 Å². The van der Waals surface area contributed by atoms with Crippen molar-refractivity contribution in [1.29, 1.82) is 0 Å². The van der Waals surface area contributed by atoms with Crippen LogP contribution in [0.5, 0.6) is 5.75 Å². The number of benzene rings is 3. The van der Waals surface area contributed by atoms with Crippen molar-refractivity contribution in [1.82, 2.24) is 5.32 Å². The van der Waals surface area contributed by atoms with Crippen LogP contribution in [-0.2, 0) is 16.6 Å². The molecule has 3 aromatic carbocycles. The molecule has 0 radical (unpaired) electrons. The largest absolute Gasteiger partial charge is 0.496 e. The Balaban J connectivity index is 1.77. The molecule has 34 heavy (non-hydrogen) atoms. The predicted octanol–water partition coefficient (Wildman–Crippen LogP) is 4.99. The minimum Gasteiger partial charge on any atom is -0.496 e. The molecule has 3 aromatic rings. The monoisotopic (exact) mass is 484 g/mol. The lowest BCUT2D eigenvalue weighted by molar-refractivity contribution is 0.0935. The molecule has 0 aliphatic rings. The molecular formula is C26H29FN2O4S. The van der Waals surface area contributed by atoms with Gasteiger partial charge in [0.25, 0.3) is 5.91 Å². The zero-order valence-electron chi connectivity index (χ0n) is 19.7. The molecule has 0 unspecified atom stereocenters. The Morgan fingerprint density at radius 1 is 1.06 bits per heavy atom. The molecule has 0 aromatic heterocycles. The second-order valence-electron chi connectivity index (χ2n) is 8.11. The molecule has 1 atom stereocenters. The summed E-state index contributed by atoms with van der Waals surface area (Å²) in [4.78, 5) is 12.9. The van der Waals surface area contributed by atoms with Crippen molar-refractivity contribution in [2.24, 2.45) is 0 Å². The molecule has 0 aliphatic carbocycles.